The fraction of sp³-hybridized carbons (Fsp3) is 0.778. The van der Waals surface area contributed by atoms with Crippen molar-refractivity contribution in [3.63, 3.8) is 0 Å². The molecule has 0 aromatic heterocycles. The lowest BCUT2D eigenvalue weighted by atomic mass is 9.53. The fourth-order valence-corrected chi connectivity index (χ4v) is 7.71. The van der Waals surface area contributed by atoms with E-state index in [0.717, 1.165) is 41.3 Å². The SMILES string of the molecule is COc1ccc2c(c1)CCC1C2CC[C@@]2(C)C1CC[C@@H]2C(C)CCCC(C)C. The number of fused-ring (bicyclic) bond motifs is 5. The van der Waals surface area contributed by atoms with Gasteiger partial charge in [-0.25, -0.2) is 0 Å². The van der Waals surface area contributed by atoms with Gasteiger partial charge in [0.2, 0.25) is 0 Å². The van der Waals surface area contributed by atoms with E-state index in [0.29, 0.717) is 5.41 Å². The first-order chi connectivity index (χ1) is 13.4. The second-order valence-corrected chi connectivity index (χ2v) is 11.0. The molecule has 0 N–H and O–H groups in total. The molecule has 6 atom stereocenters. The molecule has 1 nitrogen and oxygen atoms in total. The van der Waals surface area contributed by atoms with Gasteiger partial charge in [-0.15, -0.1) is 0 Å². The van der Waals surface area contributed by atoms with Crippen LogP contribution in [0.5, 0.6) is 5.75 Å². The van der Waals surface area contributed by atoms with Gasteiger partial charge in [-0.1, -0.05) is 53.0 Å². The highest BCUT2D eigenvalue weighted by Gasteiger charge is 2.55. The van der Waals surface area contributed by atoms with Crippen LogP contribution in [0.4, 0.5) is 0 Å². The minimum atomic E-state index is 0.600. The molecule has 3 aliphatic carbocycles. The molecule has 2 saturated carbocycles. The first-order valence-corrected chi connectivity index (χ1v) is 12.1. The van der Waals surface area contributed by atoms with Crippen molar-refractivity contribution >= 4 is 0 Å². The molecule has 0 bridgehead atoms. The summed E-state index contributed by atoms with van der Waals surface area (Å²) in [7, 11) is 1.79. The lowest BCUT2D eigenvalue weighted by Crippen LogP contribution is -2.43. The zero-order chi connectivity index (χ0) is 19.9. The van der Waals surface area contributed by atoms with Gasteiger partial charge in [-0.3, -0.25) is 0 Å². The highest BCUT2D eigenvalue weighted by atomic mass is 16.5. The van der Waals surface area contributed by atoms with Gasteiger partial charge in [0.15, 0.2) is 0 Å². The van der Waals surface area contributed by atoms with E-state index in [1.165, 1.54) is 57.8 Å². The Morgan fingerprint density at radius 1 is 1.07 bits per heavy atom. The summed E-state index contributed by atoms with van der Waals surface area (Å²) < 4.78 is 5.49. The number of methoxy groups -OCH3 is 1. The van der Waals surface area contributed by atoms with Crippen LogP contribution in [-0.2, 0) is 6.42 Å². The molecule has 0 amide bonds. The number of hydrogen-bond acceptors (Lipinski definition) is 1. The maximum absolute atomic E-state index is 5.49. The van der Waals surface area contributed by atoms with Gasteiger partial charge >= 0.3 is 0 Å². The van der Waals surface area contributed by atoms with Gasteiger partial charge in [-0.05, 0) is 103 Å². The summed E-state index contributed by atoms with van der Waals surface area (Å²) in [5.41, 5.74) is 3.83. The van der Waals surface area contributed by atoms with Crippen molar-refractivity contribution in [3.05, 3.63) is 29.3 Å². The summed E-state index contributed by atoms with van der Waals surface area (Å²) in [6.45, 7) is 10.0. The Bertz CT molecular complexity index is 677. The molecule has 0 saturated heterocycles. The van der Waals surface area contributed by atoms with E-state index in [2.05, 4.69) is 45.9 Å². The van der Waals surface area contributed by atoms with Crippen LogP contribution in [0.2, 0.25) is 0 Å². The molecular formula is C27H42O. The highest BCUT2D eigenvalue weighted by molar-refractivity contribution is 5.40. The van der Waals surface area contributed by atoms with Gasteiger partial charge in [0.05, 0.1) is 7.11 Å². The maximum atomic E-state index is 5.49. The first kappa shape index (κ1) is 20.3. The van der Waals surface area contributed by atoms with Crippen molar-refractivity contribution in [2.45, 2.75) is 91.4 Å². The Hall–Kier alpha value is -0.980. The van der Waals surface area contributed by atoms with Crippen molar-refractivity contribution in [3.8, 4) is 5.75 Å². The molecule has 2 fully saturated rings. The highest BCUT2D eigenvalue weighted by Crippen LogP contribution is 2.64. The Kier molecular flexibility index (Phi) is 5.83. The third kappa shape index (κ3) is 3.52. The summed E-state index contributed by atoms with van der Waals surface area (Å²) in [4.78, 5) is 0. The number of rotatable bonds is 6. The molecule has 1 aromatic carbocycles. The molecule has 4 unspecified atom stereocenters. The van der Waals surface area contributed by atoms with Crippen molar-refractivity contribution in [2.24, 2.45) is 35.0 Å². The summed E-state index contributed by atoms with van der Waals surface area (Å²) >= 11 is 0. The van der Waals surface area contributed by atoms with E-state index in [-0.39, 0.29) is 0 Å². The smallest absolute Gasteiger partial charge is 0.119 e. The van der Waals surface area contributed by atoms with Crippen LogP contribution < -0.4 is 4.74 Å². The summed E-state index contributed by atoms with van der Waals surface area (Å²) in [5, 5.41) is 0. The summed E-state index contributed by atoms with van der Waals surface area (Å²) in [5.74, 6) is 6.45. The second kappa shape index (κ2) is 8.04. The van der Waals surface area contributed by atoms with E-state index in [1.54, 1.807) is 18.2 Å². The van der Waals surface area contributed by atoms with Crippen molar-refractivity contribution < 1.29 is 4.74 Å². The third-order valence-corrected chi connectivity index (χ3v) is 9.13. The van der Waals surface area contributed by atoms with Gasteiger partial charge in [0.25, 0.3) is 0 Å². The lowest BCUT2D eigenvalue weighted by molar-refractivity contribution is 0.00968. The molecule has 1 aromatic rings. The molecule has 0 spiro atoms. The molecule has 0 heterocycles. The molecule has 156 valence electrons. The normalized spacial score (nSPS) is 35.2. The molecule has 3 aliphatic rings. The monoisotopic (exact) mass is 382 g/mol. The number of ether oxygens (including phenoxy) is 1. The van der Waals surface area contributed by atoms with Gasteiger partial charge < -0.3 is 4.74 Å². The minimum Gasteiger partial charge on any atom is -0.497 e. The van der Waals surface area contributed by atoms with Crippen LogP contribution >= 0.6 is 0 Å². The molecule has 4 rings (SSSR count). The third-order valence-electron chi connectivity index (χ3n) is 9.13. The van der Waals surface area contributed by atoms with E-state index in [9.17, 15) is 0 Å². The number of hydrogen-bond donors (Lipinski definition) is 0. The standard InChI is InChI=1S/C27H42O/c1-18(2)7-6-8-19(3)25-13-14-26-24-11-9-20-17-21(28-5)10-12-22(20)23(24)15-16-27(25,26)4/h10,12,17-19,23-26H,6-9,11,13-16H2,1-5H3/t19?,23?,24?,25-,26?,27-/m1/s1. The Morgan fingerprint density at radius 3 is 2.64 bits per heavy atom. The average molecular weight is 383 g/mol. The van der Waals surface area contributed by atoms with E-state index in [4.69, 9.17) is 4.74 Å². The lowest BCUT2D eigenvalue weighted by Gasteiger charge is -2.52. The van der Waals surface area contributed by atoms with Crippen LogP contribution in [0.15, 0.2) is 18.2 Å². The second-order valence-electron chi connectivity index (χ2n) is 11.0. The molecule has 0 radical (unpaired) electrons. The van der Waals surface area contributed by atoms with E-state index in [1.807, 2.05) is 0 Å². The number of benzene rings is 1. The molecule has 1 heteroatoms. The Balaban J connectivity index is 1.49. The quantitative estimate of drug-likeness (QED) is 0.491. The van der Waals surface area contributed by atoms with Crippen molar-refractivity contribution in [2.75, 3.05) is 7.11 Å². The number of aryl methyl sites for hydroxylation is 1. The van der Waals surface area contributed by atoms with Crippen LogP contribution in [0, 0.1) is 35.0 Å². The predicted octanol–water partition coefficient (Wildman–Crippen LogP) is 7.63. The van der Waals surface area contributed by atoms with E-state index < -0.39 is 0 Å². The van der Waals surface area contributed by atoms with Crippen molar-refractivity contribution in [1.82, 2.24) is 0 Å². The van der Waals surface area contributed by atoms with Gasteiger partial charge in [-0.2, -0.15) is 0 Å². The van der Waals surface area contributed by atoms with Gasteiger partial charge in [0, 0.05) is 0 Å². The van der Waals surface area contributed by atoms with Crippen molar-refractivity contribution in [1.29, 1.82) is 0 Å². The molecule has 0 aliphatic heterocycles. The fourth-order valence-electron chi connectivity index (χ4n) is 7.71. The average Bonchev–Trinajstić information content (AvgIpc) is 3.04. The van der Waals surface area contributed by atoms with Crippen LogP contribution in [0.3, 0.4) is 0 Å². The largest absolute Gasteiger partial charge is 0.497 e. The first-order valence-electron chi connectivity index (χ1n) is 12.1. The van der Waals surface area contributed by atoms with Crippen LogP contribution in [0.1, 0.15) is 96.1 Å². The predicted molar refractivity (Wildman–Crippen MR) is 119 cm³/mol. The summed E-state index contributed by atoms with van der Waals surface area (Å²) in [6.07, 6.45) is 12.8. The Morgan fingerprint density at radius 2 is 1.89 bits per heavy atom. The van der Waals surface area contributed by atoms with Crippen LogP contribution in [-0.4, -0.2) is 7.11 Å². The van der Waals surface area contributed by atoms with Crippen LogP contribution in [0.25, 0.3) is 0 Å². The Labute approximate surface area is 173 Å². The zero-order valence-electron chi connectivity index (χ0n) is 19.0. The topological polar surface area (TPSA) is 9.23 Å². The van der Waals surface area contributed by atoms with E-state index >= 15 is 0 Å². The zero-order valence-corrected chi connectivity index (χ0v) is 19.0. The molecule has 28 heavy (non-hydrogen) atoms. The summed E-state index contributed by atoms with van der Waals surface area (Å²) in [6, 6.07) is 6.91. The minimum absolute atomic E-state index is 0.600. The van der Waals surface area contributed by atoms with Gasteiger partial charge in [0.1, 0.15) is 5.75 Å². The maximum Gasteiger partial charge on any atom is 0.119 e. The molecular weight excluding hydrogens is 340 g/mol.